The Labute approximate surface area is 185 Å². The number of carbonyl (C=O) groups is 2. The van der Waals surface area contributed by atoms with Gasteiger partial charge in [-0.2, -0.15) is 8.42 Å². The number of hydrogen-bond acceptors (Lipinski definition) is 6. The summed E-state index contributed by atoms with van der Waals surface area (Å²) in [6.45, 7) is 4.14. The van der Waals surface area contributed by atoms with E-state index in [1.165, 1.54) is 0 Å². The summed E-state index contributed by atoms with van der Waals surface area (Å²) >= 11 is 0. The Kier molecular flexibility index (Phi) is 16.9. The average molecular weight is 417 g/mol. The van der Waals surface area contributed by atoms with Crippen molar-refractivity contribution in [2.24, 2.45) is 5.41 Å². The minimum Gasteiger partial charge on any atom is -0.550 e. The van der Waals surface area contributed by atoms with E-state index in [-0.39, 0.29) is 42.4 Å². The van der Waals surface area contributed by atoms with Crippen LogP contribution in [0.15, 0.2) is 0 Å². The molecule has 0 heterocycles. The van der Waals surface area contributed by atoms with E-state index in [0.717, 1.165) is 51.4 Å². The van der Waals surface area contributed by atoms with E-state index >= 15 is 0 Å². The van der Waals surface area contributed by atoms with Crippen LogP contribution in [0.1, 0.15) is 97.3 Å². The zero-order valence-corrected chi connectivity index (χ0v) is 19.8. The molecule has 27 heavy (non-hydrogen) atoms. The predicted octanol–water partition coefficient (Wildman–Crippen LogP) is 0.184. The molecule has 0 aliphatic rings. The quantitative estimate of drug-likeness (QED) is 0.216. The molecule has 9 heteroatoms. The summed E-state index contributed by atoms with van der Waals surface area (Å²) < 4.78 is 34.9. The fourth-order valence-corrected chi connectivity index (χ4v) is 3.54. The zero-order valence-electron chi connectivity index (χ0n) is 17.0. The first-order valence-corrected chi connectivity index (χ1v) is 10.9. The smallest absolute Gasteiger partial charge is 0.550 e. The topological polar surface area (TPSA) is 121 Å². The molecule has 0 radical (unpaired) electrons. The van der Waals surface area contributed by atoms with E-state index in [1.54, 1.807) is 0 Å². The van der Waals surface area contributed by atoms with Crippen LogP contribution in [-0.2, 0) is 24.2 Å². The van der Waals surface area contributed by atoms with Gasteiger partial charge in [0.1, 0.15) is 0 Å². The van der Waals surface area contributed by atoms with Gasteiger partial charge in [0.15, 0.2) is 0 Å². The minimum absolute atomic E-state index is 0. The molecule has 1 N–H and O–H groups in total. The predicted molar refractivity (Wildman–Crippen MR) is 96.4 cm³/mol. The molecule has 0 bridgehead atoms. The normalized spacial score (nSPS) is 11.7. The number of rotatable bonds is 16. The monoisotopic (exact) mass is 416 g/mol. The van der Waals surface area contributed by atoms with Crippen LogP contribution in [0.2, 0.25) is 0 Å². The second-order valence-electron chi connectivity index (χ2n) is 6.96. The van der Waals surface area contributed by atoms with Crippen molar-refractivity contribution in [1.82, 2.24) is 0 Å². The Balaban J connectivity index is 0. The van der Waals surface area contributed by atoms with Crippen molar-refractivity contribution in [3.05, 3.63) is 0 Å². The molecule has 0 rings (SSSR count). The Morgan fingerprint density at radius 2 is 1.30 bits per heavy atom. The van der Waals surface area contributed by atoms with Crippen molar-refractivity contribution in [2.75, 3.05) is 0 Å². The molecular formula is C18H33NaO7S. The van der Waals surface area contributed by atoms with Crippen LogP contribution in [0.5, 0.6) is 0 Å². The maximum Gasteiger partial charge on any atom is 1.00 e. The molecule has 0 spiro atoms. The number of carboxylic acid groups (broad SMARTS) is 1. The summed E-state index contributed by atoms with van der Waals surface area (Å²) in [7, 11) is -4.98. The number of carboxylic acids is 1. The zero-order chi connectivity index (χ0) is 20.1. The van der Waals surface area contributed by atoms with Crippen molar-refractivity contribution in [1.29, 1.82) is 0 Å². The molecule has 154 valence electrons. The van der Waals surface area contributed by atoms with Crippen molar-refractivity contribution in [3.63, 3.8) is 0 Å². The van der Waals surface area contributed by atoms with E-state index in [0.29, 0.717) is 12.8 Å². The van der Waals surface area contributed by atoms with Gasteiger partial charge < -0.3 is 14.1 Å². The summed E-state index contributed by atoms with van der Waals surface area (Å²) in [6, 6.07) is 0. The molecule has 0 fully saturated rings. The molecule has 0 aromatic heterocycles. The molecule has 0 saturated carbocycles. The van der Waals surface area contributed by atoms with E-state index in [4.69, 9.17) is 4.55 Å². The van der Waals surface area contributed by atoms with Crippen LogP contribution in [0, 0.1) is 5.41 Å². The Morgan fingerprint density at radius 1 is 0.889 bits per heavy atom. The molecular weight excluding hydrogens is 383 g/mol. The first-order chi connectivity index (χ1) is 12.2. The molecule has 0 aliphatic heterocycles. The Hall–Kier alpha value is -0.150. The number of unbranched alkanes of at least 4 members (excludes halogenated alkanes) is 8. The second kappa shape index (κ2) is 15.7. The van der Waals surface area contributed by atoms with Gasteiger partial charge in [0.05, 0.1) is 5.41 Å². The average Bonchev–Trinajstić information content (AvgIpc) is 2.52. The third kappa shape index (κ3) is 14.5. The third-order valence-corrected chi connectivity index (χ3v) is 4.98. The van der Waals surface area contributed by atoms with Gasteiger partial charge in [-0.3, -0.25) is 9.35 Å². The number of aliphatic carboxylic acids is 1. The Morgan fingerprint density at radius 3 is 1.63 bits per heavy atom. The van der Waals surface area contributed by atoms with Gasteiger partial charge in [0, 0.05) is 12.4 Å². The van der Waals surface area contributed by atoms with Crippen LogP contribution in [0.4, 0.5) is 0 Å². The summed E-state index contributed by atoms with van der Waals surface area (Å²) in [6.07, 6.45) is 8.70. The maximum atomic E-state index is 12.4. The second-order valence-corrected chi connectivity index (χ2v) is 7.98. The van der Waals surface area contributed by atoms with Gasteiger partial charge in [0.25, 0.3) is 0 Å². The molecule has 0 aromatic carbocycles. The molecule has 0 unspecified atom stereocenters. The first kappa shape index (κ1) is 29.1. The van der Waals surface area contributed by atoms with Crippen molar-refractivity contribution < 1.29 is 61.4 Å². The fraction of sp³-hybridized carbons (Fsp3) is 0.889. The summed E-state index contributed by atoms with van der Waals surface area (Å²) in [5.74, 6) is -2.63. The van der Waals surface area contributed by atoms with Crippen molar-refractivity contribution in [2.45, 2.75) is 97.3 Å². The summed E-state index contributed by atoms with van der Waals surface area (Å²) in [5.41, 5.74) is -1.48. The SMILES string of the molecule is CCCCCCCC(CCCCCCC)(CC(=O)[O-])C(=O)OS(=O)(=O)O.[Na+]. The van der Waals surface area contributed by atoms with Gasteiger partial charge in [-0.25, -0.2) is 0 Å². The standard InChI is InChI=1S/C18H34O7S.Na/c1-3-5-7-9-11-13-18(15-16(19)20,14-12-10-8-6-4-2)17(21)25-26(22,23)24;/h3-15H2,1-2H3,(H,19,20)(H,22,23,24);/q;+1/p-1. The number of hydrogen-bond donors (Lipinski definition) is 1. The van der Waals surface area contributed by atoms with Gasteiger partial charge >= 0.3 is 45.9 Å². The van der Waals surface area contributed by atoms with E-state index < -0.39 is 34.2 Å². The Bertz CT molecular complexity index is 506. The van der Waals surface area contributed by atoms with Crippen molar-refractivity contribution >= 4 is 22.3 Å². The minimum atomic E-state index is -4.98. The van der Waals surface area contributed by atoms with Gasteiger partial charge in [0.2, 0.25) is 0 Å². The van der Waals surface area contributed by atoms with Crippen LogP contribution in [0.3, 0.4) is 0 Å². The van der Waals surface area contributed by atoms with Gasteiger partial charge in [-0.05, 0) is 12.8 Å². The van der Waals surface area contributed by atoms with Crippen LogP contribution >= 0.6 is 0 Å². The van der Waals surface area contributed by atoms with E-state index in [9.17, 15) is 23.1 Å². The summed E-state index contributed by atoms with van der Waals surface area (Å²) in [5, 5.41) is 11.2. The maximum absolute atomic E-state index is 12.4. The molecule has 0 aliphatic carbocycles. The van der Waals surface area contributed by atoms with Crippen LogP contribution < -0.4 is 34.7 Å². The third-order valence-electron chi connectivity index (χ3n) is 4.61. The van der Waals surface area contributed by atoms with Crippen LogP contribution in [-0.4, -0.2) is 24.9 Å². The number of carbonyl (C=O) groups excluding carboxylic acids is 2. The molecule has 0 saturated heterocycles. The molecule has 7 nitrogen and oxygen atoms in total. The molecule has 0 amide bonds. The van der Waals surface area contributed by atoms with E-state index in [2.05, 4.69) is 18.0 Å². The molecule has 0 aromatic rings. The van der Waals surface area contributed by atoms with Gasteiger partial charge in [-0.15, -0.1) is 0 Å². The largest absolute Gasteiger partial charge is 1.00 e. The summed E-state index contributed by atoms with van der Waals surface area (Å²) in [4.78, 5) is 23.6. The van der Waals surface area contributed by atoms with Gasteiger partial charge in [-0.1, -0.05) is 78.1 Å². The first-order valence-electron chi connectivity index (χ1n) is 9.58. The fourth-order valence-electron chi connectivity index (χ4n) is 3.17. The van der Waals surface area contributed by atoms with Crippen molar-refractivity contribution in [3.8, 4) is 0 Å². The van der Waals surface area contributed by atoms with Crippen LogP contribution in [0.25, 0.3) is 0 Å². The van der Waals surface area contributed by atoms with E-state index in [1.807, 2.05) is 0 Å². The molecule has 0 atom stereocenters.